The normalized spacial score (nSPS) is 24.6. The van der Waals surface area contributed by atoms with Crippen LogP contribution in [0.2, 0.25) is 0 Å². The smallest absolute Gasteiger partial charge is 0.127 e. The number of hydrogen-bond acceptors (Lipinski definition) is 4. The highest BCUT2D eigenvalue weighted by atomic mass is 16.3. The monoisotopic (exact) mass is 221 g/mol. The second-order valence-electron chi connectivity index (χ2n) is 4.64. The van der Waals surface area contributed by atoms with Crippen LogP contribution < -0.4 is 11.1 Å². The minimum atomic E-state index is -0.108. The molecule has 1 fully saturated rings. The van der Waals surface area contributed by atoms with E-state index in [1.165, 1.54) is 0 Å². The van der Waals surface area contributed by atoms with Gasteiger partial charge in [0.2, 0.25) is 0 Å². The summed E-state index contributed by atoms with van der Waals surface area (Å²) in [6.45, 7) is 2.81. The van der Waals surface area contributed by atoms with E-state index >= 15 is 0 Å². The number of nitrogen functional groups attached to an aromatic ring is 1. The Kier molecular flexibility index (Phi) is 3.29. The lowest BCUT2D eigenvalue weighted by Crippen LogP contribution is -2.13. The minimum absolute atomic E-state index is 0.108. The van der Waals surface area contributed by atoms with Gasteiger partial charge in [-0.15, -0.1) is 0 Å². The molecule has 0 aliphatic heterocycles. The zero-order valence-corrected chi connectivity index (χ0v) is 9.61. The van der Waals surface area contributed by atoms with E-state index in [1.807, 2.05) is 13.0 Å². The number of aliphatic hydroxyl groups excluding tert-OH is 1. The van der Waals surface area contributed by atoms with E-state index in [2.05, 4.69) is 10.3 Å². The van der Waals surface area contributed by atoms with Gasteiger partial charge < -0.3 is 16.2 Å². The van der Waals surface area contributed by atoms with Crippen LogP contribution in [0.5, 0.6) is 0 Å². The average Bonchev–Trinajstić information content (AvgIpc) is 2.66. The van der Waals surface area contributed by atoms with Crippen molar-refractivity contribution in [2.24, 2.45) is 5.92 Å². The molecule has 2 rings (SSSR count). The number of anilines is 2. The molecular formula is C12H19N3O. The number of rotatable bonds is 3. The topological polar surface area (TPSA) is 71.2 Å². The van der Waals surface area contributed by atoms with E-state index in [4.69, 9.17) is 5.73 Å². The number of aromatic nitrogens is 1. The molecule has 16 heavy (non-hydrogen) atoms. The molecule has 0 amide bonds. The number of nitrogens with one attached hydrogen (secondary N) is 1. The molecule has 0 spiro atoms. The van der Waals surface area contributed by atoms with Crippen LogP contribution in [-0.4, -0.2) is 22.7 Å². The molecule has 88 valence electrons. The fourth-order valence-corrected chi connectivity index (χ4v) is 2.12. The van der Waals surface area contributed by atoms with E-state index < -0.39 is 0 Å². The predicted molar refractivity (Wildman–Crippen MR) is 65.2 cm³/mol. The Hall–Kier alpha value is -1.29. The van der Waals surface area contributed by atoms with E-state index in [-0.39, 0.29) is 6.10 Å². The van der Waals surface area contributed by atoms with Crippen molar-refractivity contribution < 1.29 is 5.11 Å². The zero-order valence-electron chi connectivity index (χ0n) is 9.61. The Morgan fingerprint density at radius 1 is 1.56 bits per heavy atom. The van der Waals surface area contributed by atoms with Gasteiger partial charge in [0.15, 0.2) is 0 Å². The Morgan fingerprint density at radius 2 is 2.38 bits per heavy atom. The van der Waals surface area contributed by atoms with Crippen LogP contribution in [0.15, 0.2) is 12.3 Å². The molecule has 0 radical (unpaired) electrons. The van der Waals surface area contributed by atoms with Gasteiger partial charge in [0.1, 0.15) is 5.82 Å². The van der Waals surface area contributed by atoms with Crippen LogP contribution in [0.3, 0.4) is 0 Å². The molecule has 0 aromatic carbocycles. The first kappa shape index (κ1) is 11.2. The van der Waals surface area contributed by atoms with E-state index in [0.29, 0.717) is 5.92 Å². The number of hydrogen-bond donors (Lipinski definition) is 3. The molecule has 2 atom stereocenters. The second kappa shape index (κ2) is 4.70. The largest absolute Gasteiger partial charge is 0.398 e. The highest BCUT2D eigenvalue weighted by Gasteiger charge is 2.22. The fraction of sp³-hybridized carbons (Fsp3) is 0.583. The van der Waals surface area contributed by atoms with Crippen molar-refractivity contribution in [3.8, 4) is 0 Å². The van der Waals surface area contributed by atoms with E-state index in [9.17, 15) is 5.11 Å². The molecule has 4 nitrogen and oxygen atoms in total. The Bertz CT molecular complexity index is 367. The Labute approximate surface area is 95.9 Å². The van der Waals surface area contributed by atoms with Gasteiger partial charge in [0.25, 0.3) is 0 Å². The van der Waals surface area contributed by atoms with Crippen molar-refractivity contribution in [3.05, 3.63) is 17.8 Å². The maximum atomic E-state index is 9.41. The van der Waals surface area contributed by atoms with Crippen molar-refractivity contribution in [1.29, 1.82) is 0 Å². The minimum Gasteiger partial charge on any atom is -0.398 e. The number of nitrogens with zero attached hydrogens (tertiary/aromatic N) is 1. The maximum Gasteiger partial charge on any atom is 0.127 e. The third kappa shape index (κ3) is 2.64. The van der Waals surface area contributed by atoms with Gasteiger partial charge in [-0.05, 0) is 37.7 Å². The predicted octanol–water partition coefficient (Wildman–Crippen LogP) is 1.55. The third-order valence-corrected chi connectivity index (χ3v) is 3.23. The molecule has 0 saturated heterocycles. The van der Waals surface area contributed by atoms with Gasteiger partial charge in [-0.1, -0.05) is 0 Å². The highest BCUT2D eigenvalue weighted by Crippen LogP contribution is 2.25. The third-order valence-electron chi connectivity index (χ3n) is 3.23. The Morgan fingerprint density at radius 3 is 3.00 bits per heavy atom. The van der Waals surface area contributed by atoms with Crippen LogP contribution in [0.25, 0.3) is 0 Å². The van der Waals surface area contributed by atoms with Crippen molar-refractivity contribution in [2.45, 2.75) is 32.3 Å². The van der Waals surface area contributed by atoms with Crippen LogP contribution in [0, 0.1) is 12.8 Å². The summed E-state index contributed by atoms with van der Waals surface area (Å²) in [5.41, 5.74) is 7.58. The molecule has 1 saturated carbocycles. The molecule has 1 heterocycles. The number of aliphatic hydroxyl groups is 1. The second-order valence-corrected chi connectivity index (χ2v) is 4.64. The number of aryl methyl sites for hydroxylation is 1. The van der Waals surface area contributed by atoms with Crippen LogP contribution >= 0.6 is 0 Å². The van der Waals surface area contributed by atoms with Crippen molar-refractivity contribution in [1.82, 2.24) is 4.98 Å². The van der Waals surface area contributed by atoms with Crippen molar-refractivity contribution in [3.63, 3.8) is 0 Å². The van der Waals surface area contributed by atoms with Crippen LogP contribution in [-0.2, 0) is 0 Å². The summed E-state index contributed by atoms with van der Waals surface area (Å²) in [6.07, 6.45) is 4.59. The summed E-state index contributed by atoms with van der Waals surface area (Å²) in [7, 11) is 0. The standard InChI is InChI=1S/C12H19N3O/c1-8-6-14-12(5-11(8)13)15-7-9-2-3-10(16)4-9/h5-6,9-10,16H,2-4,7H2,1H3,(H3,13,14,15). The first-order valence-corrected chi connectivity index (χ1v) is 5.79. The molecule has 4 N–H and O–H groups in total. The van der Waals surface area contributed by atoms with Crippen molar-refractivity contribution in [2.75, 3.05) is 17.6 Å². The van der Waals surface area contributed by atoms with Crippen LogP contribution in [0.1, 0.15) is 24.8 Å². The zero-order chi connectivity index (χ0) is 11.5. The molecule has 0 bridgehead atoms. The summed E-state index contributed by atoms with van der Waals surface area (Å²) in [5.74, 6) is 1.38. The lowest BCUT2D eigenvalue weighted by Gasteiger charge is -2.12. The van der Waals surface area contributed by atoms with Gasteiger partial charge in [-0.25, -0.2) is 4.98 Å². The maximum absolute atomic E-state index is 9.41. The van der Waals surface area contributed by atoms with E-state index in [1.54, 1.807) is 6.20 Å². The summed E-state index contributed by atoms with van der Waals surface area (Å²) >= 11 is 0. The van der Waals surface area contributed by atoms with Crippen molar-refractivity contribution >= 4 is 11.5 Å². The van der Waals surface area contributed by atoms with Gasteiger partial charge in [0.05, 0.1) is 6.10 Å². The Balaban J connectivity index is 1.87. The molecular weight excluding hydrogens is 202 g/mol. The molecule has 2 unspecified atom stereocenters. The molecule has 1 aliphatic rings. The molecule has 1 aromatic rings. The SMILES string of the molecule is Cc1cnc(NCC2CCC(O)C2)cc1N. The quantitative estimate of drug-likeness (QED) is 0.724. The first-order chi connectivity index (χ1) is 7.65. The van der Waals surface area contributed by atoms with E-state index in [0.717, 1.165) is 42.9 Å². The van der Waals surface area contributed by atoms with Gasteiger partial charge >= 0.3 is 0 Å². The number of nitrogens with two attached hydrogens (primary N) is 1. The number of pyridine rings is 1. The summed E-state index contributed by atoms with van der Waals surface area (Å²) in [5, 5.41) is 12.7. The summed E-state index contributed by atoms with van der Waals surface area (Å²) in [4.78, 5) is 4.27. The molecule has 1 aliphatic carbocycles. The molecule has 1 aromatic heterocycles. The van der Waals surface area contributed by atoms with Gasteiger partial charge in [-0.3, -0.25) is 0 Å². The average molecular weight is 221 g/mol. The fourth-order valence-electron chi connectivity index (χ4n) is 2.12. The van der Waals surface area contributed by atoms with Gasteiger partial charge in [-0.2, -0.15) is 0 Å². The van der Waals surface area contributed by atoms with Crippen LogP contribution in [0.4, 0.5) is 11.5 Å². The summed E-state index contributed by atoms with van der Waals surface area (Å²) in [6, 6.07) is 1.86. The lowest BCUT2D eigenvalue weighted by atomic mass is 10.1. The first-order valence-electron chi connectivity index (χ1n) is 5.79. The lowest BCUT2D eigenvalue weighted by molar-refractivity contribution is 0.178. The summed E-state index contributed by atoms with van der Waals surface area (Å²) < 4.78 is 0. The van der Waals surface area contributed by atoms with Gasteiger partial charge in [0, 0.05) is 24.5 Å². The highest BCUT2D eigenvalue weighted by molar-refractivity contribution is 5.53. The molecule has 4 heteroatoms.